The van der Waals surface area contributed by atoms with Gasteiger partial charge in [-0.05, 0) is 37.7 Å². The van der Waals surface area contributed by atoms with E-state index in [0.29, 0.717) is 31.5 Å². The van der Waals surface area contributed by atoms with E-state index >= 15 is 0 Å². The number of amides is 2. The second-order valence-corrected chi connectivity index (χ2v) is 6.79. The molecule has 4 rings (SSSR count). The van der Waals surface area contributed by atoms with Crippen LogP contribution in [0.3, 0.4) is 0 Å². The first-order valence-electron chi connectivity index (χ1n) is 8.35. The molecule has 1 aromatic rings. The monoisotopic (exact) mass is 317 g/mol. The van der Waals surface area contributed by atoms with Crippen LogP contribution in [0, 0.1) is 11.7 Å². The van der Waals surface area contributed by atoms with Gasteiger partial charge in [0.05, 0.1) is 11.8 Å². The molecule has 1 aromatic heterocycles. The van der Waals surface area contributed by atoms with E-state index in [1.54, 1.807) is 4.90 Å². The molecule has 2 saturated heterocycles. The van der Waals surface area contributed by atoms with Gasteiger partial charge in [-0.2, -0.15) is 0 Å². The van der Waals surface area contributed by atoms with Crippen LogP contribution >= 0.6 is 0 Å². The molecule has 2 aliphatic heterocycles. The lowest BCUT2D eigenvalue weighted by Gasteiger charge is -2.47. The molecule has 0 aromatic carbocycles. The van der Waals surface area contributed by atoms with Crippen molar-refractivity contribution >= 4 is 11.8 Å². The normalized spacial score (nSPS) is 27.8. The molecule has 0 radical (unpaired) electrons. The van der Waals surface area contributed by atoms with Crippen molar-refractivity contribution in [1.29, 1.82) is 0 Å². The second kappa shape index (κ2) is 5.58. The van der Waals surface area contributed by atoms with Crippen LogP contribution in [0.1, 0.15) is 42.5 Å². The van der Waals surface area contributed by atoms with Gasteiger partial charge in [-0.3, -0.25) is 14.6 Å². The van der Waals surface area contributed by atoms with E-state index in [0.717, 1.165) is 31.9 Å². The van der Waals surface area contributed by atoms with Crippen molar-refractivity contribution in [3.63, 3.8) is 0 Å². The van der Waals surface area contributed by atoms with E-state index in [9.17, 15) is 14.0 Å². The van der Waals surface area contributed by atoms with E-state index < -0.39 is 5.82 Å². The number of carbonyl (C=O) groups is 2. The van der Waals surface area contributed by atoms with E-state index in [1.165, 1.54) is 12.3 Å². The second-order valence-electron chi connectivity index (χ2n) is 6.79. The molecular formula is C17H20FN3O2. The van der Waals surface area contributed by atoms with Gasteiger partial charge in [-0.25, -0.2) is 4.39 Å². The van der Waals surface area contributed by atoms with Gasteiger partial charge in [0.1, 0.15) is 0 Å². The van der Waals surface area contributed by atoms with Crippen LogP contribution in [0.4, 0.5) is 4.39 Å². The fourth-order valence-electron chi connectivity index (χ4n) is 4.02. The number of pyridine rings is 1. The third kappa shape index (κ3) is 2.60. The molecular weight excluding hydrogens is 297 g/mol. The summed E-state index contributed by atoms with van der Waals surface area (Å²) in [5.74, 6) is -0.249. The highest BCUT2D eigenvalue weighted by Crippen LogP contribution is 2.39. The molecule has 0 bridgehead atoms. The number of piperidine rings is 2. The summed E-state index contributed by atoms with van der Waals surface area (Å²) in [6.45, 7) is 1.19. The van der Waals surface area contributed by atoms with Crippen molar-refractivity contribution in [2.45, 2.75) is 44.2 Å². The average Bonchev–Trinajstić information content (AvgIpc) is 3.39. The van der Waals surface area contributed by atoms with Gasteiger partial charge in [-0.1, -0.05) is 0 Å². The number of likely N-dealkylation sites (tertiary alicyclic amines) is 2. The highest BCUT2D eigenvalue weighted by atomic mass is 19.1. The third-order valence-electron chi connectivity index (χ3n) is 5.30. The van der Waals surface area contributed by atoms with E-state index in [2.05, 4.69) is 9.88 Å². The van der Waals surface area contributed by atoms with Crippen LogP contribution in [0.25, 0.3) is 0 Å². The molecule has 2 atom stereocenters. The zero-order valence-corrected chi connectivity index (χ0v) is 12.9. The highest BCUT2D eigenvalue weighted by molar-refractivity contribution is 5.94. The maximum absolute atomic E-state index is 13.8. The lowest BCUT2D eigenvalue weighted by atomic mass is 9.83. The Kier molecular flexibility index (Phi) is 3.54. The first kappa shape index (κ1) is 14.6. The number of rotatable bonds is 2. The zero-order valence-electron chi connectivity index (χ0n) is 12.9. The van der Waals surface area contributed by atoms with Crippen molar-refractivity contribution in [1.82, 2.24) is 14.8 Å². The van der Waals surface area contributed by atoms with Gasteiger partial charge in [0, 0.05) is 37.8 Å². The summed E-state index contributed by atoms with van der Waals surface area (Å²) in [5, 5.41) is 0. The number of aromatic nitrogens is 1. The van der Waals surface area contributed by atoms with Crippen LogP contribution in [-0.4, -0.2) is 51.8 Å². The number of hydrogen-bond donors (Lipinski definition) is 0. The number of halogens is 1. The van der Waals surface area contributed by atoms with Crippen LogP contribution < -0.4 is 0 Å². The Morgan fingerprint density at radius 3 is 2.83 bits per heavy atom. The largest absolute Gasteiger partial charge is 0.338 e. The summed E-state index contributed by atoms with van der Waals surface area (Å²) >= 11 is 0. The molecule has 0 N–H and O–H groups in total. The quantitative estimate of drug-likeness (QED) is 0.836. The van der Waals surface area contributed by atoms with E-state index in [-0.39, 0.29) is 23.4 Å². The molecule has 23 heavy (non-hydrogen) atoms. The van der Waals surface area contributed by atoms with Crippen LogP contribution in [-0.2, 0) is 4.79 Å². The molecule has 5 nitrogen and oxygen atoms in total. The summed E-state index contributed by atoms with van der Waals surface area (Å²) in [5.41, 5.74) is 0.0874. The summed E-state index contributed by atoms with van der Waals surface area (Å²) in [4.78, 5) is 32.3. The average molecular weight is 317 g/mol. The molecule has 0 unspecified atom stereocenters. The maximum atomic E-state index is 13.8. The van der Waals surface area contributed by atoms with Crippen molar-refractivity contribution in [3.8, 4) is 0 Å². The van der Waals surface area contributed by atoms with Gasteiger partial charge >= 0.3 is 0 Å². The minimum absolute atomic E-state index is 0.0874. The summed E-state index contributed by atoms with van der Waals surface area (Å²) in [6, 6.07) is 2.12. The minimum Gasteiger partial charge on any atom is -0.338 e. The van der Waals surface area contributed by atoms with Crippen molar-refractivity contribution in [3.05, 3.63) is 29.8 Å². The summed E-state index contributed by atoms with van der Waals surface area (Å²) in [7, 11) is 0. The van der Waals surface area contributed by atoms with Crippen molar-refractivity contribution < 1.29 is 14.0 Å². The molecule has 2 amide bonds. The number of fused-ring (bicyclic) bond motifs is 1. The van der Waals surface area contributed by atoms with Gasteiger partial charge in [0.2, 0.25) is 5.91 Å². The Morgan fingerprint density at radius 2 is 2.09 bits per heavy atom. The van der Waals surface area contributed by atoms with Crippen LogP contribution in [0.2, 0.25) is 0 Å². The number of hydrogen-bond acceptors (Lipinski definition) is 3. The topological polar surface area (TPSA) is 53.5 Å². The lowest BCUT2D eigenvalue weighted by Crippen LogP contribution is -2.57. The van der Waals surface area contributed by atoms with E-state index in [4.69, 9.17) is 0 Å². The first-order chi connectivity index (χ1) is 11.1. The molecule has 6 heteroatoms. The first-order valence-corrected chi connectivity index (χ1v) is 8.35. The molecule has 1 aliphatic carbocycles. The Hall–Kier alpha value is -1.98. The third-order valence-corrected chi connectivity index (χ3v) is 5.30. The maximum Gasteiger partial charge on any atom is 0.256 e. The van der Waals surface area contributed by atoms with Crippen molar-refractivity contribution in [2.75, 3.05) is 13.1 Å². The SMILES string of the molecule is O=C(c1ccncc1F)N1CC[C@H]2[C@H](CCC(=O)N2C2CC2)C1. The molecule has 3 heterocycles. The van der Waals surface area contributed by atoms with E-state index in [1.807, 2.05) is 0 Å². The fourth-order valence-corrected chi connectivity index (χ4v) is 4.02. The molecule has 3 fully saturated rings. The Morgan fingerprint density at radius 1 is 1.26 bits per heavy atom. The molecule has 1 saturated carbocycles. The molecule has 122 valence electrons. The van der Waals surface area contributed by atoms with Gasteiger partial charge in [-0.15, -0.1) is 0 Å². The lowest BCUT2D eigenvalue weighted by molar-refractivity contribution is -0.141. The van der Waals surface area contributed by atoms with Gasteiger partial charge < -0.3 is 9.80 Å². The Labute approximate surface area is 134 Å². The van der Waals surface area contributed by atoms with Gasteiger partial charge in [0.25, 0.3) is 5.91 Å². The molecule has 0 spiro atoms. The smallest absolute Gasteiger partial charge is 0.256 e. The van der Waals surface area contributed by atoms with Gasteiger partial charge in [0.15, 0.2) is 5.82 Å². The highest BCUT2D eigenvalue weighted by Gasteiger charge is 2.45. The summed E-state index contributed by atoms with van der Waals surface area (Å²) in [6.07, 6.45) is 6.94. The zero-order chi connectivity index (χ0) is 16.0. The molecule has 3 aliphatic rings. The fraction of sp³-hybridized carbons (Fsp3) is 0.588. The number of nitrogens with zero attached hydrogens (tertiary/aromatic N) is 3. The standard InChI is InChI=1S/C17H20FN3O2/c18-14-9-19-7-5-13(14)17(23)20-8-6-15-11(10-20)1-4-16(22)21(15)12-2-3-12/h5,7,9,11-12,15H,1-4,6,8,10H2/t11-,15+/m1/s1. The van der Waals surface area contributed by atoms with Crippen LogP contribution in [0.5, 0.6) is 0 Å². The van der Waals surface area contributed by atoms with Crippen molar-refractivity contribution in [2.24, 2.45) is 5.92 Å². The number of carbonyl (C=O) groups excluding carboxylic acids is 2. The Bertz CT molecular complexity index is 646. The predicted molar refractivity (Wildman–Crippen MR) is 81.1 cm³/mol. The minimum atomic E-state index is -0.571. The Balaban J connectivity index is 1.50. The van der Waals surface area contributed by atoms with Crippen LogP contribution in [0.15, 0.2) is 18.5 Å². The predicted octanol–water partition coefficient (Wildman–Crippen LogP) is 1.84. The summed E-state index contributed by atoms with van der Waals surface area (Å²) < 4.78 is 13.8.